The van der Waals surface area contributed by atoms with Crippen LogP contribution in [0.2, 0.25) is 0 Å². The number of benzene rings is 1. The molecule has 0 aromatic heterocycles. The third-order valence-corrected chi connectivity index (χ3v) is 5.63. The van der Waals surface area contributed by atoms with E-state index >= 15 is 0 Å². The van der Waals surface area contributed by atoms with Crippen molar-refractivity contribution in [2.75, 3.05) is 32.0 Å². The largest absolute Gasteiger partial charge is 0.359 e. The number of aryl methyl sites for hydroxylation is 1. The zero-order chi connectivity index (χ0) is 18.5. The highest BCUT2D eigenvalue weighted by Crippen LogP contribution is 2.25. The monoisotopic (exact) mass is 358 g/mol. The molecule has 3 rings (SSSR count). The Balaban J connectivity index is 1.52. The molecule has 1 aromatic rings. The van der Waals surface area contributed by atoms with Gasteiger partial charge in [-0.05, 0) is 44.4 Å². The molecule has 0 bridgehead atoms. The average Bonchev–Trinajstić information content (AvgIpc) is 2.61. The molecule has 2 aliphatic rings. The van der Waals surface area contributed by atoms with Crippen molar-refractivity contribution in [1.82, 2.24) is 15.1 Å². The fraction of sp³-hybridized carbons (Fsp3) is 0.600. The molecule has 2 N–H and O–H groups in total. The van der Waals surface area contributed by atoms with Gasteiger partial charge in [0.05, 0.1) is 0 Å². The number of carbonyl (C=O) groups excluding carboxylic acids is 2. The van der Waals surface area contributed by atoms with Crippen molar-refractivity contribution >= 4 is 17.6 Å². The van der Waals surface area contributed by atoms with Crippen molar-refractivity contribution in [3.05, 3.63) is 29.8 Å². The van der Waals surface area contributed by atoms with Gasteiger partial charge in [0.15, 0.2) is 0 Å². The van der Waals surface area contributed by atoms with Crippen LogP contribution in [0, 0.1) is 0 Å². The van der Waals surface area contributed by atoms with Crippen molar-refractivity contribution < 1.29 is 9.59 Å². The number of para-hydroxylation sites is 1. The Hall–Kier alpha value is -2.08. The van der Waals surface area contributed by atoms with Crippen LogP contribution in [-0.2, 0) is 11.2 Å². The first kappa shape index (κ1) is 18.7. The zero-order valence-corrected chi connectivity index (χ0v) is 15.8. The summed E-state index contributed by atoms with van der Waals surface area (Å²) in [4.78, 5) is 28.5. The molecular weight excluding hydrogens is 328 g/mol. The number of piperidine rings is 1. The minimum absolute atomic E-state index is 0.00682. The Labute approximate surface area is 155 Å². The molecule has 0 aliphatic carbocycles. The maximum Gasteiger partial charge on any atom is 0.321 e. The van der Waals surface area contributed by atoms with Crippen molar-refractivity contribution in [3.8, 4) is 0 Å². The molecule has 6 nitrogen and oxygen atoms in total. The summed E-state index contributed by atoms with van der Waals surface area (Å²) in [6, 6.07) is 8.80. The average molecular weight is 358 g/mol. The fourth-order valence-electron chi connectivity index (χ4n) is 3.92. The van der Waals surface area contributed by atoms with E-state index in [4.69, 9.17) is 0 Å². The topological polar surface area (TPSA) is 64.7 Å². The number of likely N-dealkylation sites (tertiary alicyclic amines) is 2. The van der Waals surface area contributed by atoms with Crippen LogP contribution >= 0.6 is 0 Å². The van der Waals surface area contributed by atoms with Gasteiger partial charge in [0.2, 0.25) is 5.91 Å². The van der Waals surface area contributed by atoms with Crippen molar-refractivity contribution in [2.24, 2.45) is 0 Å². The van der Waals surface area contributed by atoms with Crippen molar-refractivity contribution in [2.45, 2.75) is 51.1 Å². The molecule has 1 aromatic carbocycles. The molecule has 2 heterocycles. The number of hydrogen-bond donors (Lipinski definition) is 2. The van der Waals surface area contributed by atoms with E-state index in [2.05, 4.69) is 22.5 Å². The summed E-state index contributed by atoms with van der Waals surface area (Å²) in [5, 5.41) is 5.66. The number of urea groups is 1. The van der Waals surface area contributed by atoms with Crippen LogP contribution < -0.4 is 10.6 Å². The van der Waals surface area contributed by atoms with Crippen molar-refractivity contribution in [3.63, 3.8) is 0 Å². The number of nitrogens with one attached hydrogen (secondary N) is 2. The maximum atomic E-state index is 12.6. The van der Waals surface area contributed by atoms with Gasteiger partial charge >= 0.3 is 6.03 Å². The number of nitrogens with zero attached hydrogens (tertiary/aromatic N) is 2. The smallest absolute Gasteiger partial charge is 0.321 e. The Morgan fingerprint density at radius 1 is 1.19 bits per heavy atom. The van der Waals surface area contributed by atoms with Crippen LogP contribution in [0.3, 0.4) is 0 Å². The first-order valence-corrected chi connectivity index (χ1v) is 9.68. The Morgan fingerprint density at radius 3 is 2.69 bits per heavy atom. The highest BCUT2D eigenvalue weighted by Gasteiger charge is 2.37. The molecule has 2 fully saturated rings. The predicted molar refractivity (Wildman–Crippen MR) is 103 cm³/mol. The van der Waals surface area contributed by atoms with Gasteiger partial charge in [-0.3, -0.25) is 9.69 Å². The minimum atomic E-state index is -0.0432. The van der Waals surface area contributed by atoms with E-state index in [0.29, 0.717) is 24.9 Å². The van der Waals surface area contributed by atoms with Gasteiger partial charge in [-0.15, -0.1) is 0 Å². The van der Waals surface area contributed by atoms with Crippen LogP contribution in [0.1, 0.15) is 38.2 Å². The summed E-state index contributed by atoms with van der Waals surface area (Å²) in [6.07, 6.45) is 4.89. The Morgan fingerprint density at radius 2 is 1.96 bits per heavy atom. The number of hydrogen-bond acceptors (Lipinski definition) is 3. The Bertz CT molecular complexity index is 642. The number of carbonyl (C=O) groups is 2. The van der Waals surface area contributed by atoms with Gasteiger partial charge in [0.25, 0.3) is 0 Å². The number of amides is 3. The zero-order valence-electron chi connectivity index (χ0n) is 15.8. The van der Waals surface area contributed by atoms with Crippen LogP contribution in [0.4, 0.5) is 10.5 Å². The first-order valence-electron chi connectivity index (χ1n) is 9.68. The van der Waals surface area contributed by atoms with E-state index in [1.165, 1.54) is 19.3 Å². The van der Waals surface area contributed by atoms with Crippen molar-refractivity contribution in [1.29, 1.82) is 0 Å². The molecule has 0 spiro atoms. The standard InChI is InChI=1S/C20H30N4O2/c1-15-7-5-6-12-24(15)17-13-23(14-17)20(26)22-18-9-4-3-8-16(18)10-11-19(25)21-2/h3-4,8-9,15,17H,5-7,10-14H2,1-2H3,(H,21,25)(H,22,26)/t15-/m0/s1. The number of anilines is 1. The van der Waals surface area contributed by atoms with E-state index in [-0.39, 0.29) is 11.9 Å². The highest BCUT2D eigenvalue weighted by molar-refractivity contribution is 5.91. The van der Waals surface area contributed by atoms with Gasteiger partial charge in [0, 0.05) is 44.3 Å². The van der Waals surface area contributed by atoms with Gasteiger partial charge in [-0.25, -0.2) is 4.79 Å². The lowest BCUT2D eigenvalue weighted by atomic mass is 9.98. The van der Waals surface area contributed by atoms with Crippen LogP contribution in [0.25, 0.3) is 0 Å². The molecule has 0 radical (unpaired) electrons. The van der Waals surface area contributed by atoms with Gasteiger partial charge in [-0.2, -0.15) is 0 Å². The van der Waals surface area contributed by atoms with Gasteiger partial charge in [0.1, 0.15) is 0 Å². The third-order valence-electron chi connectivity index (χ3n) is 5.63. The lowest BCUT2D eigenvalue weighted by Gasteiger charge is -2.49. The van der Waals surface area contributed by atoms with E-state index in [9.17, 15) is 9.59 Å². The second-order valence-electron chi connectivity index (χ2n) is 7.40. The first-order chi connectivity index (χ1) is 12.6. The minimum Gasteiger partial charge on any atom is -0.359 e. The quantitative estimate of drug-likeness (QED) is 0.850. The molecule has 0 unspecified atom stereocenters. The molecule has 2 aliphatic heterocycles. The lowest BCUT2D eigenvalue weighted by Crippen LogP contribution is -2.64. The highest BCUT2D eigenvalue weighted by atomic mass is 16.2. The van der Waals surface area contributed by atoms with E-state index in [0.717, 1.165) is 30.9 Å². The maximum absolute atomic E-state index is 12.6. The number of rotatable bonds is 5. The molecule has 1 atom stereocenters. The summed E-state index contributed by atoms with van der Waals surface area (Å²) in [5.74, 6) is 0.00682. The summed E-state index contributed by atoms with van der Waals surface area (Å²) in [5.41, 5.74) is 1.79. The van der Waals surface area contributed by atoms with Crippen LogP contribution in [0.5, 0.6) is 0 Å². The molecule has 6 heteroatoms. The summed E-state index contributed by atoms with van der Waals surface area (Å²) in [6.45, 7) is 5.06. The Kier molecular flexibility index (Phi) is 6.14. The summed E-state index contributed by atoms with van der Waals surface area (Å²) < 4.78 is 0. The molecule has 2 saturated heterocycles. The third kappa shape index (κ3) is 4.36. The molecule has 142 valence electrons. The van der Waals surface area contributed by atoms with Crippen LogP contribution in [0.15, 0.2) is 24.3 Å². The predicted octanol–water partition coefficient (Wildman–Crippen LogP) is 2.46. The molecular formula is C20H30N4O2. The fourth-order valence-corrected chi connectivity index (χ4v) is 3.92. The lowest BCUT2D eigenvalue weighted by molar-refractivity contribution is -0.120. The second-order valence-corrected chi connectivity index (χ2v) is 7.40. The summed E-state index contributed by atoms with van der Waals surface area (Å²) >= 11 is 0. The van der Waals surface area contributed by atoms with Crippen LogP contribution in [-0.4, -0.2) is 60.5 Å². The SMILES string of the molecule is CNC(=O)CCc1ccccc1NC(=O)N1CC(N2CCCC[C@@H]2C)C1. The second kappa shape index (κ2) is 8.54. The molecule has 0 saturated carbocycles. The normalized spacial score (nSPS) is 21.2. The molecule has 26 heavy (non-hydrogen) atoms. The van der Waals surface area contributed by atoms with Gasteiger partial charge in [-0.1, -0.05) is 24.6 Å². The van der Waals surface area contributed by atoms with E-state index in [1.54, 1.807) is 7.05 Å². The van der Waals surface area contributed by atoms with Gasteiger partial charge < -0.3 is 15.5 Å². The molecule has 3 amide bonds. The van der Waals surface area contributed by atoms with E-state index < -0.39 is 0 Å². The summed E-state index contributed by atoms with van der Waals surface area (Å²) in [7, 11) is 1.64. The van der Waals surface area contributed by atoms with E-state index in [1.807, 2.05) is 29.2 Å².